The van der Waals surface area contributed by atoms with E-state index in [2.05, 4.69) is 15.6 Å². The third kappa shape index (κ3) is 4.68. The van der Waals surface area contributed by atoms with Crippen LogP contribution in [0.15, 0.2) is 18.2 Å². The second kappa shape index (κ2) is 10.3. The van der Waals surface area contributed by atoms with Gasteiger partial charge in [0.15, 0.2) is 5.78 Å². The molecule has 2 aliphatic heterocycles. The molecule has 0 bridgehead atoms. The Morgan fingerprint density at radius 2 is 2.08 bits per heavy atom. The van der Waals surface area contributed by atoms with Crippen LogP contribution >= 0.6 is 11.6 Å². The lowest BCUT2D eigenvalue weighted by molar-refractivity contribution is -0.133. The van der Waals surface area contributed by atoms with E-state index in [0.717, 1.165) is 19.3 Å². The summed E-state index contributed by atoms with van der Waals surface area (Å²) in [5.41, 5.74) is 1.01. The highest BCUT2D eigenvalue weighted by atomic mass is 35.5. The second-order valence-electron chi connectivity index (χ2n) is 10.2. The van der Waals surface area contributed by atoms with Crippen LogP contribution in [-0.4, -0.2) is 77.4 Å². The number of hydrogen-bond acceptors (Lipinski definition) is 6. The number of benzene rings is 1. The number of hydrogen-bond donors (Lipinski definition) is 4. The number of nitrogens with one attached hydrogen (secondary N) is 3. The molecule has 198 valence electrons. The minimum Gasteiger partial charge on any atom is -0.494 e. The first-order valence-corrected chi connectivity index (χ1v) is 13.1. The topological polar surface area (TPSA) is 141 Å². The molecule has 2 saturated heterocycles. The minimum atomic E-state index is -0.997. The number of amides is 3. The number of aliphatic hydroxyl groups excluding tert-OH is 1. The summed E-state index contributed by atoms with van der Waals surface area (Å²) in [4.78, 5) is 56.7. The SMILES string of the molecule is COc1c(Cl)ccc2[nH]c(C(=O)N3C[C@@H]4CCC[C@@H]4[C@H]3C(=O)NC(C[C@@H]3CCNC3=O)C(=O)CO)cc12. The fourth-order valence-corrected chi connectivity index (χ4v) is 6.51. The quantitative estimate of drug-likeness (QED) is 0.409. The maximum absolute atomic E-state index is 13.7. The predicted molar refractivity (Wildman–Crippen MR) is 135 cm³/mol. The van der Waals surface area contributed by atoms with Gasteiger partial charge in [0.25, 0.3) is 5.91 Å². The standard InChI is InChI=1S/C26H31ClN4O6/c1-37-23-16-10-20(29-18(16)6-5-17(23)27)26(36)31-11-14-3-2-4-15(14)22(31)25(35)30-19(21(33)12-32)9-13-7-8-28-24(13)34/h5-6,10,13-15,19,22,29,32H,2-4,7-9,11-12H2,1H3,(H,28,34)(H,30,35)/t13-,14-,15-,19?,22-/m0/s1. The Hall–Kier alpha value is -3.11. The number of aliphatic hydroxyl groups is 1. The van der Waals surface area contributed by atoms with E-state index in [1.54, 1.807) is 23.1 Å². The number of carbonyl (C=O) groups excluding carboxylic acids is 4. The number of fused-ring (bicyclic) bond motifs is 2. The zero-order valence-electron chi connectivity index (χ0n) is 20.6. The number of nitrogens with zero attached hydrogens (tertiary/aromatic N) is 1. The molecule has 5 atom stereocenters. The zero-order valence-corrected chi connectivity index (χ0v) is 21.3. The number of methoxy groups -OCH3 is 1. The Balaban J connectivity index is 1.40. The van der Waals surface area contributed by atoms with Crippen LogP contribution in [-0.2, 0) is 14.4 Å². The van der Waals surface area contributed by atoms with Gasteiger partial charge in [-0.1, -0.05) is 18.0 Å². The maximum Gasteiger partial charge on any atom is 0.271 e. The van der Waals surface area contributed by atoms with Crippen molar-refractivity contribution in [2.75, 3.05) is 26.8 Å². The zero-order chi connectivity index (χ0) is 26.3. The number of halogens is 1. The van der Waals surface area contributed by atoms with Crippen LogP contribution in [0.1, 0.15) is 42.6 Å². The molecular formula is C26H31ClN4O6. The van der Waals surface area contributed by atoms with Crippen LogP contribution in [0.2, 0.25) is 5.02 Å². The number of ketones is 1. The Kier molecular flexibility index (Phi) is 7.13. The smallest absolute Gasteiger partial charge is 0.271 e. The molecule has 37 heavy (non-hydrogen) atoms. The van der Waals surface area contributed by atoms with Crippen molar-refractivity contribution in [2.45, 2.75) is 44.2 Å². The van der Waals surface area contributed by atoms with Crippen molar-refractivity contribution in [1.29, 1.82) is 0 Å². The molecule has 5 rings (SSSR count). The van der Waals surface area contributed by atoms with Gasteiger partial charge in [0.05, 0.1) is 18.2 Å². The summed E-state index contributed by atoms with van der Waals surface area (Å²) >= 11 is 6.25. The minimum absolute atomic E-state index is 0.0167. The Labute approximate surface area is 219 Å². The second-order valence-corrected chi connectivity index (χ2v) is 10.6. The van der Waals surface area contributed by atoms with Crippen LogP contribution in [0.25, 0.3) is 10.9 Å². The third-order valence-electron chi connectivity index (χ3n) is 8.10. The lowest BCUT2D eigenvalue weighted by Gasteiger charge is -2.29. The van der Waals surface area contributed by atoms with E-state index >= 15 is 0 Å². The molecule has 0 spiro atoms. The predicted octanol–water partition coefficient (Wildman–Crippen LogP) is 1.64. The average molecular weight is 531 g/mol. The van der Waals surface area contributed by atoms with Gasteiger partial charge in [-0.3, -0.25) is 19.2 Å². The first kappa shape index (κ1) is 25.5. The van der Waals surface area contributed by atoms with Gasteiger partial charge in [0, 0.05) is 29.9 Å². The first-order valence-electron chi connectivity index (χ1n) is 12.7. The Morgan fingerprint density at radius 3 is 2.78 bits per heavy atom. The van der Waals surface area contributed by atoms with Crippen molar-refractivity contribution in [3.8, 4) is 5.75 Å². The molecule has 10 nitrogen and oxygen atoms in total. The number of Topliss-reactive ketones (excluding diaryl/α,β-unsaturated/α-hetero) is 1. The van der Waals surface area contributed by atoms with E-state index in [1.165, 1.54) is 7.11 Å². The molecule has 1 saturated carbocycles. The number of rotatable bonds is 8. The highest BCUT2D eigenvalue weighted by Crippen LogP contribution is 2.43. The van der Waals surface area contributed by atoms with Crippen molar-refractivity contribution in [2.24, 2.45) is 17.8 Å². The number of carbonyl (C=O) groups is 4. The van der Waals surface area contributed by atoms with Gasteiger partial charge in [-0.05, 0) is 55.7 Å². The summed E-state index contributed by atoms with van der Waals surface area (Å²) in [6, 6.07) is 3.39. The monoisotopic (exact) mass is 530 g/mol. The largest absolute Gasteiger partial charge is 0.494 e. The summed E-state index contributed by atoms with van der Waals surface area (Å²) in [7, 11) is 1.51. The lowest BCUT2D eigenvalue weighted by atomic mass is 9.92. The first-order chi connectivity index (χ1) is 17.8. The van der Waals surface area contributed by atoms with Crippen LogP contribution in [0.3, 0.4) is 0 Å². The van der Waals surface area contributed by atoms with E-state index in [9.17, 15) is 24.3 Å². The lowest BCUT2D eigenvalue weighted by Crippen LogP contribution is -2.53. The molecule has 4 N–H and O–H groups in total. The van der Waals surface area contributed by atoms with Crippen molar-refractivity contribution in [1.82, 2.24) is 20.5 Å². The molecule has 1 aliphatic carbocycles. The Bertz CT molecular complexity index is 1250. The van der Waals surface area contributed by atoms with Gasteiger partial charge in [-0.2, -0.15) is 0 Å². The molecule has 0 radical (unpaired) electrons. The van der Waals surface area contributed by atoms with Gasteiger partial charge in [0.1, 0.15) is 24.1 Å². The van der Waals surface area contributed by atoms with Crippen molar-refractivity contribution < 1.29 is 29.0 Å². The van der Waals surface area contributed by atoms with Gasteiger partial charge >= 0.3 is 0 Å². The molecule has 3 amide bonds. The van der Waals surface area contributed by atoms with Crippen LogP contribution in [0, 0.1) is 17.8 Å². The molecular weight excluding hydrogens is 500 g/mol. The Morgan fingerprint density at radius 1 is 1.27 bits per heavy atom. The normalized spacial score (nSPS) is 25.7. The summed E-state index contributed by atoms with van der Waals surface area (Å²) in [5.74, 6) is -1.22. The third-order valence-corrected chi connectivity index (χ3v) is 8.40. The summed E-state index contributed by atoms with van der Waals surface area (Å²) in [6.45, 7) is 0.225. The van der Waals surface area contributed by atoms with E-state index < -0.39 is 36.3 Å². The van der Waals surface area contributed by atoms with E-state index in [-0.39, 0.29) is 30.1 Å². The number of ether oxygens (including phenoxy) is 1. The van der Waals surface area contributed by atoms with Crippen molar-refractivity contribution in [3.63, 3.8) is 0 Å². The van der Waals surface area contributed by atoms with Gasteiger partial charge in [-0.25, -0.2) is 0 Å². The average Bonchev–Trinajstić information content (AvgIpc) is 3.66. The molecule has 11 heteroatoms. The highest BCUT2D eigenvalue weighted by Gasteiger charge is 2.50. The highest BCUT2D eigenvalue weighted by molar-refractivity contribution is 6.33. The molecule has 3 fully saturated rings. The summed E-state index contributed by atoms with van der Waals surface area (Å²) in [5, 5.41) is 16.1. The fraction of sp³-hybridized carbons (Fsp3) is 0.538. The molecule has 1 aromatic carbocycles. The van der Waals surface area contributed by atoms with Crippen molar-refractivity contribution in [3.05, 3.63) is 28.9 Å². The van der Waals surface area contributed by atoms with Crippen LogP contribution < -0.4 is 15.4 Å². The fourth-order valence-electron chi connectivity index (χ4n) is 6.27. The molecule has 1 aromatic heterocycles. The summed E-state index contributed by atoms with van der Waals surface area (Å²) < 4.78 is 5.41. The number of likely N-dealkylation sites (tertiary alicyclic amines) is 1. The van der Waals surface area contributed by atoms with Gasteiger partial charge < -0.3 is 30.4 Å². The maximum atomic E-state index is 13.7. The van der Waals surface area contributed by atoms with E-state index in [4.69, 9.17) is 16.3 Å². The van der Waals surface area contributed by atoms with E-state index in [0.29, 0.717) is 46.9 Å². The molecule has 1 unspecified atom stereocenters. The van der Waals surface area contributed by atoms with E-state index in [1.807, 2.05) is 0 Å². The van der Waals surface area contributed by atoms with Gasteiger partial charge in [-0.15, -0.1) is 0 Å². The number of aromatic nitrogens is 1. The number of aromatic amines is 1. The van der Waals surface area contributed by atoms with Gasteiger partial charge in [0.2, 0.25) is 11.8 Å². The number of H-pyrrole nitrogens is 1. The van der Waals surface area contributed by atoms with Crippen LogP contribution in [0.5, 0.6) is 5.75 Å². The molecule has 3 aliphatic rings. The molecule has 2 aromatic rings. The van der Waals surface area contributed by atoms with Crippen LogP contribution in [0.4, 0.5) is 0 Å². The van der Waals surface area contributed by atoms with Crippen molar-refractivity contribution >= 4 is 46.0 Å². The molecule has 3 heterocycles. The summed E-state index contributed by atoms with van der Waals surface area (Å²) in [6.07, 6.45) is 3.40.